The number of nitrogens with zero attached hydrogens (tertiary/aromatic N) is 3. The lowest BCUT2D eigenvalue weighted by atomic mass is 10.1. The number of carbonyl (C=O) groups is 1. The van der Waals surface area contributed by atoms with Crippen molar-refractivity contribution in [1.29, 1.82) is 0 Å². The van der Waals surface area contributed by atoms with Gasteiger partial charge in [0, 0.05) is 23.4 Å². The molecule has 3 rings (SSSR count). The van der Waals surface area contributed by atoms with E-state index >= 15 is 0 Å². The van der Waals surface area contributed by atoms with Gasteiger partial charge in [-0.05, 0) is 38.1 Å². The predicted octanol–water partition coefficient (Wildman–Crippen LogP) is 3.53. The number of aromatic nitrogens is 3. The molecule has 0 aliphatic heterocycles. The largest absolute Gasteiger partial charge is 0.322 e. The molecule has 0 atom stereocenters. The van der Waals surface area contributed by atoms with Crippen LogP contribution >= 0.6 is 0 Å². The Morgan fingerprint density at radius 1 is 1.17 bits per heavy atom. The van der Waals surface area contributed by atoms with Crippen LogP contribution in [0.2, 0.25) is 0 Å². The van der Waals surface area contributed by atoms with E-state index in [4.69, 9.17) is 0 Å². The standard InChI is InChI=1S/C18H18N4O/c1-3-22-12-19-21-17(22)14-7-5-9-16(11-14)20-18(23)15-8-4-6-13(2)10-15/h4-12H,3H2,1-2H3,(H,20,23). The lowest BCUT2D eigenvalue weighted by Gasteiger charge is -2.08. The zero-order chi connectivity index (χ0) is 16.2. The summed E-state index contributed by atoms with van der Waals surface area (Å²) < 4.78 is 1.96. The molecule has 0 bridgehead atoms. The van der Waals surface area contributed by atoms with E-state index in [0.29, 0.717) is 5.56 Å². The van der Waals surface area contributed by atoms with Crippen LogP contribution in [0.1, 0.15) is 22.8 Å². The Bertz CT molecular complexity index is 838. The molecule has 0 saturated heterocycles. The minimum atomic E-state index is -0.122. The minimum absolute atomic E-state index is 0.122. The molecule has 116 valence electrons. The van der Waals surface area contributed by atoms with Crippen LogP contribution in [0.4, 0.5) is 5.69 Å². The summed E-state index contributed by atoms with van der Waals surface area (Å²) in [6, 6.07) is 15.1. The molecule has 2 aromatic carbocycles. The van der Waals surface area contributed by atoms with Crippen LogP contribution in [-0.4, -0.2) is 20.7 Å². The molecule has 0 fully saturated rings. The van der Waals surface area contributed by atoms with Gasteiger partial charge in [-0.15, -0.1) is 10.2 Å². The van der Waals surface area contributed by atoms with Crippen molar-refractivity contribution in [1.82, 2.24) is 14.8 Å². The summed E-state index contributed by atoms with van der Waals surface area (Å²) in [5.41, 5.74) is 3.36. The second-order valence-electron chi connectivity index (χ2n) is 5.34. The quantitative estimate of drug-likeness (QED) is 0.802. The van der Waals surface area contributed by atoms with E-state index in [1.165, 1.54) is 0 Å². The smallest absolute Gasteiger partial charge is 0.255 e. The zero-order valence-corrected chi connectivity index (χ0v) is 13.2. The van der Waals surface area contributed by atoms with Crippen molar-refractivity contribution in [3.05, 3.63) is 66.0 Å². The van der Waals surface area contributed by atoms with Crippen molar-refractivity contribution in [2.24, 2.45) is 0 Å². The lowest BCUT2D eigenvalue weighted by Crippen LogP contribution is -2.12. The van der Waals surface area contributed by atoms with Crippen LogP contribution in [0.5, 0.6) is 0 Å². The Labute approximate surface area is 135 Å². The lowest BCUT2D eigenvalue weighted by molar-refractivity contribution is 0.102. The van der Waals surface area contributed by atoms with Gasteiger partial charge in [-0.3, -0.25) is 4.79 Å². The van der Waals surface area contributed by atoms with Crippen molar-refractivity contribution in [3.63, 3.8) is 0 Å². The molecule has 3 aromatic rings. The van der Waals surface area contributed by atoms with Crippen LogP contribution in [0.3, 0.4) is 0 Å². The Kier molecular flexibility index (Phi) is 4.19. The van der Waals surface area contributed by atoms with Gasteiger partial charge in [0.05, 0.1) is 0 Å². The van der Waals surface area contributed by atoms with Gasteiger partial charge in [0.25, 0.3) is 5.91 Å². The van der Waals surface area contributed by atoms with E-state index in [1.54, 1.807) is 12.4 Å². The minimum Gasteiger partial charge on any atom is -0.322 e. The second kappa shape index (κ2) is 6.44. The summed E-state index contributed by atoms with van der Waals surface area (Å²) in [4.78, 5) is 12.3. The van der Waals surface area contributed by atoms with E-state index in [9.17, 15) is 4.79 Å². The van der Waals surface area contributed by atoms with E-state index < -0.39 is 0 Å². The summed E-state index contributed by atoms with van der Waals surface area (Å²) >= 11 is 0. The van der Waals surface area contributed by atoms with Crippen LogP contribution in [0.15, 0.2) is 54.9 Å². The summed E-state index contributed by atoms with van der Waals surface area (Å²) in [5, 5.41) is 11.0. The normalized spacial score (nSPS) is 10.5. The molecule has 1 N–H and O–H groups in total. The third kappa shape index (κ3) is 3.29. The third-order valence-corrected chi connectivity index (χ3v) is 3.62. The van der Waals surface area contributed by atoms with Crippen LogP contribution in [-0.2, 0) is 6.54 Å². The highest BCUT2D eigenvalue weighted by Crippen LogP contribution is 2.21. The first-order valence-corrected chi connectivity index (χ1v) is 7.53. The molecule has 0 unspecified atom stereocenters. The zero-order valence-electron chi connectivity index (χ0n) is 13.2. The number of aryl methyl sites for hydroxylation is 2. The van der Waals surface area contributed by atoms with Crippen molar-refractivity contribution in [3.8, 4) is 11.4 Å². The summed E-state index contributed by atoms with van der Waals surface area (Å²) in [5.74, 6) is 0.668. The predicted molar refractivity (Wildman–Crippen MR) is 90.3 cm³/mol. The van der Waals surface area contributed by atoms with Crippen LogP contribution < -0.4 is 5.32 Å². The molecule has 1 aromatic heterocycles. The molecule has 0 spiro atoms. The Morgan fingerprint density at radius 2 is 2.00 bits per heavy atom. The fourth-order valence-electron chi connectivity index (χ4n) is 2.44. The van der Waals surface area contributed by atoms with Gasteiger partial charge in [0.15, 0.2) is 5.82 Å². The topological polar surface area (TPSA) is 59.8 Å². The molecular weight excluding hydrogens is 288 g/mol. The number of rotatable bonds is 4. The highest BCUT2D eigenvalue weighted by atomic mass is 16.1. The Morgan fingerprint density at radius 3 is 2.78 bits per heavy atom. The Hall–Kier alpha value is -2.95. The van der Waals surface area contributed by atoms with E-state index in [2.05, 4.69) is 15.5 Å². The van der Waals surface area contributed by atoms with Crippen LogP contribution in [0, 0.1) is 6.92 Å². The number of amides is 1. The van der Waals surface area contributed by atoms with Gasteiger partial charge in [-0.2, -0.15) is 0 Å². The SMILES string of the molecule is CCn1cnnc1-c1cccc(NC(=O)c2cccc(C)c2)c1. The van der Waals surface area contributed by atoms with Crippen molar-refractivity contribution in [2.75, 3.05) is 5.32 Å². The first kappa shape index (κ1) is 15.0. The second-order valence-corrected chi connectivity index (χ2v) is 5.34. The molecular formula is C18H18N4O. The van der Waals surface area contributed by atoms with Crippen LogP contribution in [0.25, 0.3) is 11.4 Å². The fourth-order valence-corrected chi connectivity index (χ4v) is 2.44. The van der Waals surface area contributed by atoms with Gasteiger partial charge in [0.1, 0.15) is 6.33 Å². The maximum Gasteiger partial charge on any atom is 0.255 e. The number of anilines is 1. The highest BCUT2D eigenvalue weighted by Gasteiger charge is 2.09. The van der Waals surface area contributed by atoms with E-state index in [-0.39, 0.29) is 5.91 Å². The average Bonchev–Trinajstić information content (AvgIpc) is 3.04. The third-order valence-electron chi connectivity index (χ3n) is 3.62. The van der Waals surface area contributed by atoms with Gasteiger partial charge < -0.3 is 9.88 Å². The van der Waals surface area contributed by atoms with Gasteiger partial charge in [0.2, 0.25) is 0 Å². The molecule has 0 aliphatic carbocycles. The molecule has 5 heteroatoms. The van der Waals surface area contributed by atoms with Gasteiger partial charge in [-0.25, -0.2) is 0 Å². The molecule has 1 amide bonds. The van der Waals surface area contributed by atoms with Crippen molar-refractivity contribution >= 4 is 11.6 Å². The summed E-state index contributed by atoms with van der Waals surface area (Å²) in [6.07, 6.45) is 1.70. The maximum atomic E-state index is 12.3. The van der Waals surface area contributed by atoms with E-state index in [0.717, 1.165) is 29.2 Å². The molecule has 1 heterocycles. The first-order valence-electron chi connectivity index (χ1n) is 7.53. The highest BCUT2D eigenvalue weighted by molar-refractivity contribution is 6.04. The maximum absolute atomic E-state index is 12.3. The first-order chi connectivity index (χ1) is 11.2. The fraction of sp³-hybridized carbons (Fsp3) is 0.167. The number of hydrogen-bond donors (Lipinski definition) is 1. The Balaban J connectivity index is 1.84. The molecule has 0 saturated carbocycles. The number of benzene rings is 2. The molecule has 5 nitrogen and oxygen atoms in total. The number of hydrogen-bond acceptors (Lipinski definition) is 3. The molecule has 0 radical (unpaired) electrons. The number of carbonyl (C=O) groups excluding carboxylic acids is 1. The van der Waals surface area contributed by atoms with Gasteiger partial charge >= 0.3 is 0 Å². The monoisotopic (exact) mass is 306 g/mol. The summed E-state index contributed by atoms with van der Waals surface area (Å²) in [7, 11) is 0. The molecule has 0 aliphatic rings. The average molecular weight is 306 g/mol. The van der Waals surface area contributed by atoms with Crippen molar-refractivity contribution in [2.45, 2.75) is 20.4 Å². The molecule has 23 heavy (non-hydrogen) atoms. The summed E-state index contributed by atoms with van der Waals surface area (Å²) in [6.45, 7) is 4.80. The van der Waals surface area contributed by atoms with Crippen molar-refractivity contribution < 1.29 is 4.79 Å². The van der Waals surface area contributed by atoms with E-state index in [1.807, 2.05) is 60.9 Å². The van der Waals surface area contributed by atoms with Gasteiger partial charge in [-0.1, -0.05) is 29.8 Å². The number of nitrogens with one attached hydrogen (secondary N) is 1.